The summed E-state index contributed by atoms with van der Waals surface area (Å²) in [5.74, 6) is -0.610. The molecule has 1 unspecified atom stereocenters. The summed E-state index contributed by atoms with van der Waals surface area (Å²) in [6.45, 7) is 3.36. The van der Waals surface area contributed by atoms with Crippen molar-refractivity contribution in [3.05, 3.63) is 59.7 Å². The molecule has 0 radical (unpaired) electrons. The minimum Gasteiger partial charge on any atom is -0.465 e. The molecule has 7 heteroatoms. The average Bonchev–Trinajstić information content (AvgIpc) is 2.65. The molecular formula is C19H23NO5S. The summed E-state index contributed by atoms with van der Waals surface area (Å²) in [7, 11) is -2.75. The summed E-state index contributed by atoms with van der Waals surface area (Å²) in [5, 5.41) is 10.1. The third-order valence-corrected chi connectivity index (χ3v) is 6.01. The van der Waals surface area contributed by atoms with Crippen molar-refractivity contribution in [1.82, 2.24) is 0 Å². The molecule has 0 aliphatic rings. The van der Waals surface area contributed by atoms with Crippen molar-refractivity contribution in [2.45, 2.75) is 31.3 Å². The van der Waals surface area contributed by atoms with Crippen molar-refractivity contribution >= 4 is 21.7 Å². The number of aliphatic hydroxyl groups excluding tert-OH is 1. The van der Waals surface area contributed by atoms with Crippen LogP contribution in [0, 0.1) is 6.92 Å². The van der Waals surface area contributed by atoms with E-state index in [-0.39, 0.29) is 17.0 Å². The highest BCUT2D eigenvalue weighted by atomic mass is 32.2. The minimum atomic E-state index is -3.99. The topological polar surface area (TPSA) is 83.9 Å². The lowest BCUT2D eigenvalue weighted by Crippen LogP contribution is -2.37. The van der Waals surface area contributed by atoms with Gasteiger partial charge in [0, 0.05) is 0 Å². The normalized spacial score (nSPS) is 12.5. The first-order chi connectivity index (χ1) is 12.3. The molecule has 2 aromatic rings. The molecular weight excluding hydrogens is 354 g/mol. The number of sulfonamides is 1. The number of benzene rings is 2. The Kier molecular flexibility index (Phi) is 6.39. The fourth-order valence-electron chi connectivity index (χ4n) is 2.50. The summed E-state index contributed by atoms with van der Waals surface area (Å²) in [6, 6.07) is 13.0. The second-order valence-corrected chi connectivity index (χ2v) is 7.74. The number of carbonyl (C=O) groups excluding carboxylic acids is 1. The third-order valence-electron chi connectivity index (χ3n) is 4.07. The molecule has 0 aliphatic carbocycles. The predicted octanol–water partition coefficient (Wildman–Crippen LogP) is 2.75. The van der Waals surface area contributed by atoms with Crippen LogP contribution in [0.2, 0.25) is 0 Å². The zero-order valence-corrected chi connectivity index (χ0v) is 15.9. The van der Waals surface area contributed by atoms with Gasteiger partial charge in [-0.25, -0.2) is 13.2 Å². The highest BCUT2D eigenvalue weighted by Gasteiger charge is 2.29. The van der Waals surface area contributed by atoms with Gasteiger partial charge in [-0.2, -0.15) is 0 Å². The number of aliphatic hydroxyl groups is 1. The van der Waals surface area contributed by atoms with Crippen molar-refractivity contribution in [1.29, 1.82) is 0 Å². The second kappa shape index (κ2) is 8.33. The van der Waals surface area contributed by atoms with E-state index in [4.69, 9.17) is 0 Å². The van der Waals surface area contributed by atoms with E-state index in [1.165, 1.54) is 23.5 Å². The van der Waals surface area contributed by atoms with Crippen LogP contribution in [0.5, 0.6) is 0 Å². The fraction of sp³-hybridized carbons (Fsp3) is 0.316. The van der Waals surface area contributed by atoms with Gasteiger partial charge in [0.25, 0.3) is 10.0 Å². The molecule has 1 N–H and O–H groups in total. The molecule has 2 aromatic carbocycles. The number of anilines is 1. The Morgan fingerprint density at radius 3 is 2.42 bits per heavy atom. The van der Waals surface area contributed by atoms with Gasteiger partial charge in [-0.3, -0.25) is 4.31 Å². The molecule has 0 aliphatic heterocycles. The smallest absolute Gasteiger partial charge is 0.337 e. The van der Waals surface area contributed by atoms with E-state index in [2.05, 4.69) is 4.74 Å². The first-order valence-electron chi connectivity index (χ1n) is 8.26. The van der Waals surface area contributed by atoms with Crippen molar-refractivity contribution in [3.63, 3.8) is 0 Å². The van der Waals surface area contributed by atoms with E-state index >= 15 is 0 Å². The molecule has 0 fully saturated rings. The lowest BCUT2D eigenvalue weighted by atomic mass is 10.1. The van der Waals surface area contributed by atoms with Crippen LogP contribution in [0.15, 0.2) is 53.4 Å². The molecule has 26 heavy (non-hydrogen) atoms. The number of para-hydroxylation sites is 1. The van der Waals surface area contributed by atoms with Crippen molar-refractivity contribution in [2.24, 2.45) is 0 Å². The van der Waals surface area contributed by atoms with Crippen LogP contribution in [0.1, 0.15) is 29.3 Å². The minimum absolute atomic E-state index is 0.00700. The van der Waals surface area contributed by atoms with Crippen molar-refractivity contribution in [2.75, 3.05) is 18.0 Å². The van der Waals surface area contributed by atoms with Crippen LogP contribution in [-0.4, -0.2) is 39.3 Å². The SMILES string of the molecule is CCC(O)CN(c1ccccc1)S(=O)(=O)c1cc(C(=O)OC)ccc1C. The number of hydrogen-bond donors (Lipinski definition) is 1. The number of aryl methyl sites for hydroxylation is 1. The van der Waals surface area contributed by atoms with Crippen LogP contribution < -0.4 is 4.31 Å². The number of nitrogens with zero attached hydrogens (tertiary/aromatic N) is 1. The highest BCUT2D eigenvalue weighted by Crippen LogP contribution is 2.27. The van der Waals surface area contributed by atoms with Crippen molar-refractivity contribution < 1.29 is 23.1 Å². The molecule has 1 atom stereocenters. The Bertz CT molecular complexity index is 865. The highest BCUT2D eigenvalue weighted by molar-refractivity contribution is 7.92. The lowest BCUT2D eigenvalue weighted by molar-refractivity contribution is 0.0600. The van der Waals surface area contributed by atoms with E-state index in [9.17, 15) is 18.3 Å². The molecule has 0 heterocycles. The van der Waals surface area contributed by atoms with Gasteiger partial charge in [-0.15, -0.1) is 0 Å². The summed E-state index contributed by atoms with van der Waals surface area (Å²) >= 11 is 0. The first kappa shape index (κ1) is 19.9. The van der Waals surface area contributed by atoms with Crippen LogP contribution >= 0.6 is 0 Å². The summed E-state index contributed by atoms with van der Waals surface area (Å²) < 4.78 is 32.5. The van der Waals surface area contributed by atoms with Gasteiger partial charge in [0.2, 0.25) is 0 Å². The molecule has 140 valence electrons. The van der Waals surface area contributed by atoms with E-state index < -0.39 is 22.1 Å². The number of esters is 1. The van der Waals surface area contributed by atoms with Gasteiger partial charge >= 0.3 is 5.97 Å². The predicted molar refractivity (Wildman–Crippen MR) is 99.8 cm³/mol. The molecule has 0 bridgehead atoms. The Morgan fingerprint density at radius 2 is 1.85 bits per heavy atom. The van der Waals surface area contributed by atoms with Gasteiger partial charge in [0.1, 0.15) is 0 Å². The zero-order chi connectivity index (χ0) is 19.3. The van der Waals surface area contributed by atoms with Gasteiger partial charge in [-0.05, 0) is 43.2 Å². The van der Waals surface area contributed by atoms with Crippen LogP contribution in [0.4, 0.5) is 5.69 Å². The second-order valence-electron chi connectivity index (χ2n) is 5.91. The average molecular weight is 377 g/mol. The monoisotopic (exact) mass is 377 g/mol. The van der Waals surface area contributed by atoms with Crippen LogP contribution in [0.25, 0.3) is 0 Å². The summed E-state index contributed by atoms with van der Waals surface area (Å²) in [4.78, 5) is 11.8. The maximum Gasteiger partial charge on any atom is 0.337 e. The zero-order valence-electron chi connectivity index (χ0n) is 15.0. The van der Waals surface area contributed by atoms with Gasteiger partial charge < -0.3 is 9.84 Å². The molecule has 0 saturated heterocycles. The van der Waals surface area contributed by atoms with Crippen LogP contribution in [0.3, 0.4) is 0 Å². The molecule has 0 saturated carbocycles. The number of rotatable bonds is 7. The maximum absolute atomic E-state index is 13.3. The van der Waals surface area contributed by atoms with Crippen LogP contribution in [-0.2, 0) is 14.8 Å². The molecule has 6 nitrogen and oxygen atoms in total. The largest absolute Gasteiger partial charge is 0.465 e. The summed E-state index contributed by atoms with van der Waals surface area (Å²) in [5.41, 5.74) is 1.10. The fourth-order valence-corrected chi connectivity index (χ4v) is 4.25. The third kappa shape index (κ3) is 4.23. The Hall–Kier alpha value is -2.38. The van der Waals surface area contributed by atoms with E-state index in [1.54, 1.807) is 50.2 Å². The maximum atomic E-state index is 13.3. The lowest BCUT2D eigenvalue weighted by Gasteiger charge is -2.27. The number of ether oxygens (including phenoxy) is 1. The van der Waals surface area contributed by atoms with Crippen molar-refractivity contribution in [3.8, 4) is 0 Å². The number of methoxy groups -OCH3 is 1. The van der Waals surface area contributed by atoms with E-state index in [1.807, 2.05) is 0 Å². The standard InChI is InChI=1S/C19H23NO5S/c1-4-17(21)13-20(16-8-6-5-7-9-16)26(23,24)18-12-15(19(22)25-3)11-10-14(18)2/h5-12,17,21H,4,13H2,1-3H3. The Balaban J connectivity index is 2.58. The molecule has 0 amide bonds. The molecule has 0 spiro atoms. The Labute approximate surface area is 154 Å². The van der Waals surface area contributed by atoms with Gasteiger partial charge in [0.15, 0.2) is 0 Å². The first-order valence-corrected chi connectivity index (χ1v) is 9.70. The summed E-state index contributed by atoms with van der Waals surface area (Å²) in [6.07, 6.45) is -0.394. The number of carbonyl (C=O) groups is 1. The van der Waals surface area contributed by atoms with E-state index in [0.717, 1.165) is 0 Å². The molecule has 0 aromatic heterocycles. The van der Waals surface area contributed by atoms with E-state index in [0.29, 0.717) is 17.7 Å². The molecule has 2 rings (SSSR count). The number of hydrogen-bond acceptors (Lipinski definition) is 5. The Morgan fingerprint density at radius 1 is 1.19 bits per heavy atom. The quantitative estimate of drug-likeness (QED) is 0.750. The van der Waals surface area contributed by atoms with Gasteiger partial charge in [-0.1, -0.05) is 31.2 Å². The van der Waals surface area contributed by atoms with Gasteiger partial charge in [0.05, 0.1) is 35.9 Å².